The Morgan fingerprint density at radius 1 is 1.31 bits per heavy atom. The number of hydrogen-bond acceptors (Lipinski definition) is 4. The SMILES string of the molecule is CS(=O)(=O)CCCNC1CCCCC1CO. The van der Waals surface area contributed by atoms with E-state index in [1.54, 1.807) is 0 Å². The summed E-state index contributed by atoms with van der Waals surface area (Å²) in [4.78, 5) is 0. The lowest BCUT2D eigenvalue weighted by molar-refractivity contribution is 0.153. The van der Waals surface area contributed by atoms with Crippen molar-refractivity contribution in [3.8, 4) is 0 Å². The summed E-state index contributed by atoms with van der Waals surface area (Å²) >= 11 is 0. The van der Waals surface area contributed by atoms with Crippen LogP contribution in [-0.2, 0) is 9.84 Å². The summed E-state index contributed by atoms with van der Waals surface area (Å²) in [6.45, 7) is 0.970. The van der Waals surface area contributed by atoms with Crippen LogP contribution in [0.25, 0.3) is 0 Å². The van der Waals surface area contributed by atoms with Gasteiger partial charge < -0.3 is 10.4 Å². The molecule has 0 radical (unpaired) electrons. The van der Waals surface area contributed by atoms with Crippen molar-refractivity contribution in [2.45, 2.75) is 38.1 Å². The van der Waals surface area contributed by atoms with Gasteiger partial charge in [0.25, 0.3) is 0 Å². The Bertz CT molecular complexity index is 290. The lowest BCUT2D eigenvalue weighted by Gasteiger charge is -2.31. The van der Waals surface area contributed by atoms with Gasteiger partial charge in [-0.2, -0.15) is 0 Å². The van der Waals surface area contributed by atoms with E-state index in [2.05, 4.69) is 5.32 Å². The maximum absolute atomic E-state index is 10.9. The molecule has 2 unspecified atom stereocenters. The van der Waals surface area contributed by atoms with Crippen molar-refractivity contribution >= 4 is 9.84 Å². The maximum Gasteiger partial charge on any atom is 0.147 e. The summed E-state index contributed by atoms with van der Waals surface area (Å²) in [6.07, 6.45) is 6.52. The van der Waals surface area contributed by atoms with Crippen LogP contribution in [0, 0.1) is 5.92 Å². The van der Waals surface area contributed by atoms with E-state index in [1.807, 2.05) is 0 Å². The highest BCUT2D eigenvalue weighted by atomic mass is 32.2. The lowest BCUT2D eigenvalue weighted by atomic mass is 9.85. The van der Waals surface area contributed by atoms with Crippen molar-refractivity contribution in [3.05, 3.63) is 0 Å². The molecule has 4 nitrogen and oxygen atoms in total. The molecule has 0 aromatic rings. The molecule has 2 atom stereocenters. The molecule has 16 heavy (non-hydrogen) atoms. The van der Waals surface area contributed by atoms with Crippen LogP contribution < -0.4 is 5.32 Å². The third kappa shape index (κ3) is 5.27. The molecule has 1 fully saturated rings. The molecule has 0 aliphatic heterocycles. The van der Waals surface area contributed by atoms with E-state index in [1.165, 1.54) is 19.1 Å². The highest BCUT2D eigenvalue weighted by Gasteiger charge is 2.23. The molecule has 5 heteroatoms. The molecule has 0 saturated heterocycles. The van der Waals surface area contributed by atoms with Crippen molar-refractivity contribution < 1.29 is 13.5 Å². The van der Waals surface area contributed by atoms with Gasteiger partial charge in [-0.3, -0.25) is 0 Å². The van der Waals surface area contributed by atoms with E-state index in [-0.39, 0.29) is 12.4 Å². The fraction of sp³-hybridized carbons (Fsp3) is 1.00. The Labute approximate surface area is 98.4 Å². The van der Waals surface area contributed by atoms with Gasteiger partial charge in [0.2, 0.25) is 0 Å². The number of nitrogens with one attached hydrogen (secondary N) is 1. The molecule has 0 aromatic heterocycles. The van der Waals surface area contributed by atoms with Crippen molar-refractivity contribution in [1.29, 1.82) is 0 Å². The largest absolute Gasteiger partial charge is 0.396 e. The average molecular weight is 249 g/mol. The smallest absolute Gasteiger partial charge is 0.147 e. The molecule has 1 aliphatic rings. The molecule has 96 valence electrons. The third-order valence-corrected chi connectivity index (χ3v) is 4.27. The standard InChI is InChI=1S/C11H23NO3S/c1-16(14,15)8-4-7-12-11-6-3-2-5-10(11)9-13/h10-13H,2-9H2,1H3. The quantitative estimate of drug-likeness (QED) is 0.675. The highest BCUT2D eigenvalue weighted by Crippen LogP contribution is 2.23. The van der Waals surface area contributed by atoms with Gasteiger partial charge in [0.15, 0.2) is 0 Å². The maximum atomic E-state index is 10.9. The van der Waals surface area contributed by atoms with Crippen molar-refractivity contribution in [1.82, 2.24) is 5.32 Å². The van der Waals surface area contributed by atoms with Gasteiger partial charge >= 0.3 is 0 Å². The van der Waals surface area contributed by atoms with Gasteiger partial charge in [-0.05, 0) is 31.7 Å². The van der Waals surface area contributed by atoms with Gasteiger partial charge in [0.1, 0.15) is 9.84 Å². The Morgan fingerprint density at radius 3 is 2.62 bits per heavy atom. The molecule has 0 spiro atoms. The van der Waals surface area contributed by atoms with Crippen LogP contribution >= 0.6 is 0 Å². The fourth-order valence-corrected chi connectivity index (χ4v) is 2.99. The van der Waals surface area contributed by atoms with Crippen LogP contribution in [0.2, 0.25) is 0 Å². The number of aliphatic hydroxyl groups excluding tert-OH is 1. The Kier molecular flexibility index (Phi) is 5.72. The molecular formula is C11H23NO3S. The van der Waals surface area contributed by atoms with Gasteiger partial charge in [0, 0.05) is 18.9 Å². The first kappa shape index (κ1) is 13.9. The summed E-state index contributed by atoms with van der Waals surface area (Å²) in [5.41, 5.74) is 0. The van der Waals surface area contributed by atoms with E-state index >= 15 is 0 Å². The first-order valence-electron chi connectivity index (χ1n) is 6.05. The summed E-state index contributed by atoms with van der Waals surface area (Å²) in [6, 6.07) is 0.373. The second kappa shape index (κ2) is 6.57. The minimum atomic E-state index is -2.84. The van der Waals surface area contributed by atoms with E-state index in [0.717, 1.165) is 19.4 Å². The topological polar surface area (TPSA) is 66.4 Å². The second-order valence-electron chi connectivity index (χ2n) is 4.77. The summed E-state index contributed by atoms with van der Waals surface area (Å²) in [5.74, 6) is 0.600. The predicted molar refractivity (Wildman–Crippen MR) is 65.2 cm³/mol. The first-order valence-corrected chi connectivity index (χ1v) is 8.11. The second-order valence-corrected chi connectivity index (χ2v) is 7.03. The fourth-order valence-electron chi connectivity index (χ4n) is 2.32. The zero-order valence-corrected chi connectivity index (χ0v) is 10.8. The number of rotatable bonds is 6. The zero-order valence-electron chi connectivity index (χ0n) is 9.98. The minimum absolute atomic E-state index is 0.240. The summed E-state index contributed by atoms with van der Waals surface area (Å²) in [5, 5.41) is 12.6. The summed E-state index contributed by atoms with van der Waals surface area (Å²) < 4.78 is 21.9. The van der Waals surface area contributed by atoms with Crippen LogP contribution in [0.15, 0.2) is 0 Å². The van der Waals surface area contributed by atoms with E-state index in [0.29, 0.717) is 18.4 Å². The molecule has 0 aromatic carbocycles. The van der Waals surface area contributed by atoms with Crippen LogP contribution in [-0.4, -0.2) is 44.7 Å². The van der Waals surface area contributed by atoms with Gasteiger partial charge in [-0.25, -0.2) is 8.42 Å². The van der Waals surface area contributed by atoms with E-state index < -0.39 is 9.84 Å². The predicted octanol–water partition coefficient (Wildman–Crippen LogP) is 0.562. The van der Waals surface area contributed by atoms with E-state index in [9.17, 15) is 13.5 Å². The Balaban J connectivity index is 2.20. The van der Waals surface area contributed by atoms with Crippen molar-refractivity contribution in [2.24, 2.45) is 5.92 Å². The average Bonchev–Trinajstić information content (AvgIpc) is 2.23. The van der Waals surface area contributed by atoms with Crippen LogP contribution in [0.5, 0.6) is 0 Å². The molecule has 1 saturated carbocycles. The normalized spacial score (nSPS) is 26.9. The highest BCUT2D eigenvalue weighted by molar-refractivity contribution is 7.90. The summed E-state index contributed by atoms with van der Waals surface area (Å²) in [7, 11) is -2.84. The van der Waals surface area contributed by atoms with Crippen LogP contribution in [0.4, 0.5) is 0 Å². The Morgan fingerprint density at radius 2 is 2.00 bits per heavy atom. The molecule has 1 aliphatic carbocycles. The Hall–Kier alpha value is -0.130. The number of hydrogen-bond donors (Lipinski definition) is 2. The molecule has 2 N–H and O–H groups in total. The van der Waals surface area contributed by atoms with Crippen LogP contribution in [0.3, 0.4) is 0 Å². The van der Waals surface area contributed by atoms with E-state index in [4.69, 9.17) is 0 Å². The number of sulfone groups is 1. The number of aliphatic hydroxyl groups is 1. The lowest BCUT2D eigenvalue weighted by Crippen LogP contribution is -2.40. The molecule has 0 amide bonds. The van der Waals surface area contributed by atoms with Gasteiger partial charge in [0.05, 0.1) is 5.75 Å². The van der Waals surface area contributed by atoms with Gasteiger partial charge in [-0.15, -0.1) is 0 Å². The molecule has 0 heterocycles. The zero-order chi connectivity index (χ0) is 12.0. The van der Waals surface area contributed by atoms with Crippen molar-refractivity contribution in [3.63, 3.8) is 0 Å². The van der Waals surface area contributed by atoms with Gasteiger partial charge in [-0.1, -0.05) is 12.8 Å². The monoisotopic (exact) mass is 249 g/mol. The minimum Gasteiger partial charge on any atom is -0.396 e. The van der Waals surface area contributed by atoms with Crippen LogP contribution in [0.1, 0.15) is 32.1 Å². The third-order valence-electron chi connectivity index (χ3n) is 3.24. The van der Waals surface area contributed by atoms with Crippen molar-refractivity contribution in [2.75, 3.05) is 25.2 Å². The molecule has 1 rings (SSSR count). The molecular weight excluding hydrogens is 226 g/mol. The first-order chi connectivity index (χ1) is 7.53. The molecule has 0 bridgehead atoms.